The molecule has 6 heteroatoms. The molecule has 4 nitrogen and oxygen atoms in total. The molecule has 24 heavy (non-hydrogen) atoms. The molecular formula is C18H25IN4S. The molecule has 1 aromatic carbocycles. The summed E-state index contributed by atoms with van der Waals surface area (Å²) >= 11 is 1.82. The van der Waals surface area contributed by atoms with Crippen LogP contribution < -0.4 is 10.2 Å². The maximum atomic E-state index is 4.45. The molecule has 1 aromatic heterocycles. The molecule has 3 rings (SSSR count). The summed E-state index contributed by atoms with van der Waals surface area (Å²) in [5.41, 5.74) is 2.58. The Bertz CT molecular complexity index is 632. The number of halogens is 1. The zero-order chi connectivity index (χ0) is 16.1. The fraction of sp³-hybridized carbons (Fsp3) is 0.389. The van der Waals surface area contributed by atoms with E-state index in [2.05, 4.69) is 68.8 Å². The van der Waals surface area contributed by atoms with Gasteiger partial charge in [0.2, 0.25) is 0 Å². The number of nitrogens with zero attached hydrogens (tertiary/aromatic N) is 3. The number of rotatable bonds is 3. The van der Waals surface area contributed by atoms with Crippen LogP contribution >= 0.6 is 35.3 Å². The van der Waals surface area contributed by atoms with E-state index in [1.807, 2.05) is 18.4 Å². The average molecular weight is 456 g/mol. The molecule has 2 heterocycles. The van der Waals surface area contributed by atoms with Crippen molar-refractivity contribution in [1.82, 2.24) is 10.2 Å². The standard InChI is InChI=1S/C18H24N4S.HI/c1-15-5-7-16(8-6-15)14-20-18(19-2)22-11-9-21(10-12-22)17-4-3-13-23-17;/h3-8,13H,9-12,14H2,1-2H3,(H,19,20);1H. The Hall–Kier alpha value is -1.28. The van der Waals surface area contributed by atoms with E-state index in [4.69, 9.17) is 0 Å². The molecule has 1 fully saturated rings. The van der Waals surface area contributed by atoms with Gasteiger partial charge in [0, 0.05) is 39.8 Å². The van der Waals surface area contributed by atoms with Crippen molar-refractivity contribution in [3.63, 3.8) is 0 Å². The molecule has 2 aromatic rings. The minimum atomic E-state index is 0. The highest BCUT2D eigenvalue weighted by Gasteiger charge is 2.20. The van der Waals surface area contributed by atoms with Gasteiger partial charge in [0.15, 0.2) is 5.96 Å². The van der Waals surface area contributed by atoms with Crippen LogP contribution in [0.2, 0.25) is 0 Å². The second-order valence-corrected chi connectivity index (χ2v) is 6.74. The number of piperazine rings is 1. The average Bonchev–Trinajstić information content (AvgIpc) is 3.12. The van der Waals surface area contributed by atoms with Crippen LogP contribution in [0.3, 0.4) is 0 Å². The molecule has 1 N–H and O–H groups in total. The first-order valence-electron chi connectivity index (χ1n) is 8.06. The Morgan fingerprint density at radius 3 is 2.42 bits per heavy atom. The highest BCUT2D eigenvalue weighted by Crippen LogP contribution is 2.22. The lowest BCUT2D eigenvalue weighted by atomic mass is 10.1. The largest absolute Gasteiger partial charge is 0.360 e. The Morgan fingerprint density at radius 1 is 1.12 bits per heavy atom. The summed E-state index contributed by atoms with van der Waals surface area (Å²) in [7, 11) is 1.86. The van der Waals surface area contributed by atoms with Crippen molar-refractivity contribution < 1.29 is 0 Å². The predicted molar refractivity (Wildman–Crippen MR) is 115 cm³/mol. The van der Waals surface area contributed by atoms with Gasteiger partial charge in [-0.25, -0.2) is 0 Å². The molecule has 0 aliphatic carbocycles. The Morgan fingerprint density at radius 2 is 1.83 bits per heavy atom. The lowest BCUT2D eigenvalue weighted by Gasteiger charge is -2.37. The van der Waals surface area contributed by atoms with E-state index in [1.54, 1.807) is 0 Å². The molecule has 0 radical (unpaired) electrons. The number of aryl methyl sites for hydroxylation is 1. The third-order valence-corrected chi connectivity index (χ3v) is 5.11. The number of anilines is 1. The molecule has 0 atom stereocenters. The van der Waals surface area contributed by atoms with Gasteiger partial charge in [0.25, 0.3) is 0 Å². The normalized spacial score (nSPS) is 15.2. The summed E-state index contributed by atoms with van der Waals surface area (Å²) < 4.78 is 0. The smallest absolute Gasteiger partial charge is 0.194 e. The summed E-state index contributed by atoms with van der Waals surface area (Å²) in [6.45, 7) is 7.04. The van der Waals surface area contributed by atoms with Gasteiger partial charge < -0.3 is 15.1 Å². The van der Waals surface area contributed by atoms with E-state index < -0.39 is 0 Å². The molecule has 0 amide bonds. The number of guanidine groups is 1. The maximum absolute atomic E-state index is 4.45. The Balaban J connectivity index is 0.00000208. The van der Waals surface area contributed by atoms with Gasteiger partial charge in [-0.05, 0) is 30.0 Å². The second-order valence-electron chi connectivity index (χ2n) is 5.81. The fourth-order valence-corrected chi connectivity index (χ4v) is 3.59. The lowest BCUT2D eigenvalue weighted by molar-refractivity contribution is 0.373. The van der Waals surface area contributed by atoms with E-state index in [-0.39, 0.29) is 24.0 Å². The third kappa shape index (κ3) is 4.86. The number of aliphatic imine (C=N–C) groups is 1. The lowest BCUT2D eigenvalue weighted by Crippen LogP contribution is -2.52. The van der Waals surface area contributed by atoms with Crippen molar-refractivity contribution in [2.45, 2.75) is 13.5 Å². The van der Waals surface area contributed by atoms with Crippen LogP contribution in [0.15, 0.2) is 46.8 Å². The van der Waals surface area contributed by atoms with Crippen LogP contribution in [-0.4, -0.2) is 44.1 Å². The quantitative estimate of drug-likeness (QED) is 0.435. The van der Waals surface area contributed by atoms with Crippen LogP contribution in [0, 0.1) is 6.92 Å². The van der Waals surface area contributed by atoms with E-state index in [9.17, 15) is 0 Å². The van der Waals surface area contributed by atoms with Gasteiger partial charge in [-0.15, -0.1) is 35.3 Å². The van der Waals surface area contributed by atoms with Crippen LogP contribution in [0.4, 0.5) is 5.00 Å². The van der Waals surface area contributed by atoms with Crippen LogP contribution in [0.25, 0.3) is 0 Å². The molecule has 130 valence electrons. The van der Waals surface area contributed by atoms with Crippen molar-refractivity contribution in [2.75, 3.05) is 38.1 Å². The number of hydrogen-bond acceptors (Lipinski definition) is 3. The first kappa shape index (κ1) is 19.1. The van der Waals surface area contributed by atoms with E-state index >= 15 is 0 Å². The number of nitrogens with one attached hydrogen (secondary N) is 1. The summed E-state index contributed by atoms with van der Waals surface area (Å²) in [6, 6.07) is 13.0. The number of hydrogen-bond donors (Lipinski definition) is 1. The molecule has 0 bridgehead atoms. The summed E-state index contributed by atoms with van der Waals surface area (Å²) in [6.07, 6.45) is 0. The topological polar surface area (TPSA) is 30.9 Å². The SMILES string of the molecule is CN=C(NCc1ccc(C)cc1)N1CCN(c2cccs2)CC1.I. The van der Waals surface area contributed by atoms with Gasteiger partial charge in [0.05, 0.1) is 5.00 Å². The Kier molecular flexibility index (Phi) is 7.36. The van der Waals surface area contributed by atoms with Gasteiger partial charge in [0.1, 0.15) is 0 Å². The molecule has 1 aliphatic rings. The minimum absolute atomic E-state index is 0. The van der Waals surface area contributed by atoms with Gasteiger partial charge >= 0.3 is 0 Å². The molecule has 0 spiro atoms. The molecule has 0 unspecified atom stereocenters. The van der Waals surface area contributed by atoms with Crippen molar-refractivity contribution in [3.05, 3.63) is 52.9 Å². The zero-order valence-corrected chi connectivity index (χ0v) is 17.4. The summed E-state index contributed by atoms with van der Waals surface area (Å²) in [4.78, 5) is 9.25. The molecule has 1 aliphatic heterocycles. The second kappa shape index (κ2) is 9.27. The first-order chi connectivity index (χ1) is 11.3. The van der Waals surface area contributed by atoms with E-state index in [1.165, 1.54) is 16.1 Å². The van der Waals surface area contributed by atoms with Gasteiger partial charge in [-0.2, -0.15) is 0 Å². The van der Waals surface area contributed by atoms with Crippen LogP contribution in [0.1, 0.15) is 11.1 Å². The third-order valence-electron chi connectivity index (χ3n) is 4.18. The van der Waals surface area contributed by atoms with Crippen molar-refractivity contribution in [1.29, 1.82) is 0 Å². The molecule has 1 saturated heterocycles. The molecular weight excluding hydrogens is 431 g/mol. The van der Waals surface area contributed by atoms with Crippen molar-refractivity contribution in [2.24, 2.45) is 4.99 Å². The molecule has 0 saturated carbocycles. The van der Waals surface area contributed by atoms with Crippen molar-refractivity contribution >= 4 is 46.3 Å². The van der Waals surface area contributed by atoms with Gasteiger partial charge in [-0.1, -0.05) is 29.8 Å². The van der Waals surface area contributed by atoms with Crippen LogP contribution in [-0.2, 0) is 6.54 Å². The zero-order valence-electron chi connectivity index (χ0n) is 14.2. The first-order valence-corrected chi connectivity index (χ1v) is 8.94. The highest BCUT2D eigenvalue weighted by molar-refractivity contribution is 14.0. The van der Waals surface area contributed by atoms with Gasteiger partial charge in [-0.3, -0.25) is 4.99 Å². The highest BCUT2D eigenvalue weighted by atomic mass is 127. The van der Waals surface area contributed by atoms with E-state index in [0.717, 1.165) is 38.7 Å². The van der Waals surface area contributed by atoms with E-state index in [0.29, 0.717) is 0 Å². The number of thiophene rings is 1. The fourth-order valence-electron chi connectivity index (χ4n) is 2.81. The monoisotopic (exact) mass is 456 g/mol. The number of benzene rings is 1. The predicted octanol–water partition coefficient (Wildman–Crippen LogP) is 3.57. The summed E-state index contributed by atoms with van der Waals surface area (Å²) in [5, 5.41) is 6.99. The summed E-state index contributed by atoms with van der Waals surface area (Å²) in [5.74, 6) is 0.997. The Labute approximate surface area is 165 Å². The minimum Gasteiger partial charge on any atom is -0.360 e. The van der Waals surface area contributed by atoms with Crippen LogP contribution in [0.5, 0.6) is 0 Å². The maximum Gasteiger partial charge on any atom is 0.194 e. The van der Waals surface area contributed by atoms with Crippen molar-refractivity contribution in [3.8, 4) is 0 Å².